The van der Waals surface area contributed by atoms with Crippen molar-refractivity contribution in [2.75, 3.05) is 0 Å². The number of benzene rings is 5. The summed E-state index contributed by atoms with van der Waals surface area (Å²) < 4.78 is 12.0. The zero-order valence-electron chi connectivity index (χ0n) is 22.2. The predicted octanol–water partition coefficient (Wildman–Crippen LogP) is 9.76. The first-order chi connectivity index (χ1) is 20.8. The minimum atomic E-state index is 0.876. The Labute approximate surface area is 242 Å². The minimum Gasteiger partial charge on any atom is -0.455 e. The maximum Gasteiger partial charge on any atom is 0.163 e. The highest BCUT2D eigenvalue weighted by atomic mass is 32.1. The first-order valence-electron chi connectivity index (χ1n) is 13.9. The lowest BCUT2D eigenvalue weighted by Crippen LogP contribution is -1.95. The number of aromatic nitrogens is 4. The Bertz CT molecular complexity index is 2690. The highest BCUT2D eigenvalue weighted by Gasteiger charge is 2.19. The van der Waals surface area contributed by atoms with Gasteiger partial charge < -0.3 is 8.98 Å². The molecule has 0 spiro atoms. The minimum absolute atomic E-state index is 0.876. The molecule has 0 saturated carbocycles. The van der Waals surface area contributed by atoms with Crippen molar-refractivity contribution in [2.45, 2.75) is 0 Å². The van der Waals surface area contributed by atoms with Crippen LogP contribution in [0, 0.1) is 0 Å². The van der Waals surface area contributed by atoms with Gasteiger partial charge in [-0.25, -0.2) is 9.50 Å². The average Bonchev–Trinajstić information content (AvgIpc) is 3.78. The van der Waals surface area contributed by atoms with Crippen LogP contribution in [0.25, 0.3) is 86.6 Å². The first kappa shape index (κ1) is 22.3. The fraction of sp³-hybridized carbons (Fsp3) is 0. The fourth-order valence-corrected chi connectivity index (χ4v) is 7.68. The molecule has 0 radical (unpaired) electrons. The molecule has 0 N–H and O–H groups in total. The fourth-order valence-electron chi connectivity index (χ4n) is 6.58. The Kier molecular flexibility index (Phi) is 4.27. The van der Waals surface area contributed by atoms with Gasteiger partial charge in [0.15, 0.2) is 5.65 Å². The van der Waals surface area contributed by atoms with Crippen LogP contribution in [-0.4, -0.2) is 19.2 Å². The van der Waals surface area contributed by atoms with E-state index in [1.54, 1.807) is 11.3 Å². The van der Waals surface area contributed by atoms with E-state index in [1.165, 1.54) is 15.5 Å². The van der Waals surface area contributed by atoms with Gasteiger partial charge in [0.05, 0.1) is 16.4 Å². The Morgan fingerprint density at radius 3 is 2.33 bits per heavy atom. The molecule has 10 rings (SSSR count). The molecule has 5 nitrogen and oxygen atoms in total. The second-order valence-electron chi connectivity index (χ2n) is 10.7. The Morgan fingerprint density at radius 1 is 0.643 bits per heavy atom. The van der Waals surface area contributed by atoms with Crippen molar-refractivity contribution in [2.24, 2.45) is 0 Å². The van der Waals surface area contributed by atoms with Crippen molar-refractivity contribution in [3.8, 4) is 16.8 Å². The lowest BCUT2D eigenvalue weighted by molar-refractivity contribution is 0.673. The van der Waals surface area contributed by atoms with E-state index >= 15 is 0 Å². The summed E-state index contributed by atoms with van der Waals surface area (Å²) in [5.74, 6) is 0. The summed E-state index contributed by atoms with van der Waals surface area (Å²) in [5, 5.41) is 10.5. The van der Waals surface area contributed by atoms with E-state index in [0.29, 0.717) is 0 Å². The molecular formula is C36H20N4OS. The second-order valence-corrected chi connectivity index (χ2v) is 11.7. The summed E-state index contributed by atoms with van der Waals surface area (Å²) in [6.45, 7) is 0. The van der Waals surface area contributed by atoms with Crippen molar-refractivity contribution in [1.82, 2.24) is 19.2 Å². The third-order valence-electron chi connectivity index (χ3n) is 8.44. The number of rotatable bonds is 2. The van der Waals surface area contributed by atoms with Gasteiger partial charge in [-0.1, -0.05) is 66.7 Å². The van der Waals surface area contributed by atoms with E-state index in [0.717, 1.165) is 71.2 Å². The van der Waals surface area contributed by atoms with Gasteiger partial charge in [0.2, 0.25) is 0 Å². The van der Waals surface area contributed by atoms with Gasteiger partial charge in [-0.15, -0.1) is 11.3 Å². The molecule has 196 valence electrons. The molecule has 42 heavy (non-hydrogen) atoms. The van der Waals surface area contributed by atoms with Gasteiger partial charge >= 0.3 is 0 Å². The van der Waals surface area contributed by atoms with Crippen molar-refractivity contribution in [1.29, 1.82) is 0 Å². The molecule has 0 saturated heterocycles. The highest BCUT2D eigenvalue weighted by Crippen LogP contribution is 2.41. The van der Waals surface area contributed by atoms with Crippen molar-refractivity contribution < 1.29 is 4.42 Å². The van der Waals surface area contributed by atoms with Gasteiger partial charge in [0, 0.05) is 43.7 Å². The van der Waals surface area contributed by atoms with Crippen LogP contribution in [0.3, 0.4) is 0 Å². The van der Waals surface area contributed by atoms with Gasteiger partial charge in [-0.05, 0) is 54.1 Å². The van der Waals surface area contributed by atoms with E-state index in [-0.39, 0.29) is 0 Å². The monoisotopic (exact) mass is 556 g/mol. The third-order valence-corrected chi connectivity index (χ3v) is 9.58. The van der Waals surface area contributed by atoms with Crippen molar-refractivity contribution >= 4 is 81.2 Å². The number of para-hydroxylation sites is 2. The van der Waals surface area contributed by atoms with E-state index in [2.05, 4.69) is 113 Å². The smallest absolute Gasteiger partial charge is 0.163 e. The standard InChI is InChI=1S/C36H20N4OS/c1-4-10-28-26(8-1)32-29(18-17-25-24-7-2-5-11-30(24)41-34(25)32)39(28)22-15-13-21(14-16-22)23-19-20-37-40-35(23)38-33-27-9-3-6-12-31(27)42-36(33)40/h1-20H. The van der Waals surface area contributed by atoms with E-state index in [1.807, 2.05) is 22.8 Å². The largest absolute Gasteiger partial charge is 0.455 e. The third kappa shape index (κ3) is 2.86. The summed E-state index contributed by atoms with van der Waals surface area (Å²) >= 11 is 1.73. The molecule has 0 amide bonds. The molecule has 0 atom stereocenters. The van der Waals surface area contributed by atoms with Crippen LogP contribution < -0.4 is 0 Å². The van der Waals surface area contributed by atoms with Crippen LogP contribution >= 0.6 is 11.3 Å². The van der Waals surface area contributed by atoms with Crippen molar-refractivity contribution in [3.05, 3.63) is 121 Å². The van der Waals surface area contributed by atoms with Crippen LogP contribution in [0.1, 0.15) is 0 Å². The molecular weight excluding hydrogens is 536 g/mol. The molecule has 6 heteroatoms. The number of nitrogens with zero attached hydrogens (tertiary/aromatic N) is 4. The van der Waals surface area contributed by atoms with Crippen LogP contribution in [0.4, 0.5) is 0 Å². The lowest BCUT2D eigenvalue weighted by atomic mass is 10.1. The topological polar surface area (TPSA) is 48.3 Å². The quantitative estimate of drug-likeness (QED) is 0.213. The summed E-state index contributed by atoms with van der Waals surface area (Å²) in [6.07, 6.45) is 1.87. The zero-order chi connectivity index (χ0) is 27.4. The molecule has 0 bridgehead atoms. The number of fused-ring (bicyclic) bond motifs is 12. The second kappa shape index (κ2) is 8.06. The van der Waals surface area contributed by atoms with Crippen LogP contribution in [0.5, 0.6) is 0 Å². The Hall–Kier alpha value is -5.46. The number of hydrogen-bond donors (Lipinski definition) is 0. The summed E-state index contributed by atoms with van der Waals surface area (Å²) in [4.78, 5) is 6.15. The molecule has 10 aromatic rings. The molecule has 0 aliphatic carbocycles. The lowest BCUT2D eigenvalue weighted by Gasteiger charge is -2.10. The summed E-state index contributed by atoms with van der Waals surface area (Å²) in [7, 11) is 0. The van der Waals surface area contributed by atoms with Crippen molar-refractivity contribution in [3.63, 3.8) is 0 Å². The molecule has 0 unspecified atom stereocenters. The molecule has 0 aliphatic rings. The molecule has 0 aliphatic heterocycles. The molecule has 5 aromatic carbocycles. The highest BCUT2D eigenvalue weighted by molar-refractivity contribution is 7.25. The van der Waals surface area contributed by atoms with E-state index in [4.69, 9.17) is 9.40 Å². The van der Waals surface area contributed by atoms with Gasteiger partial charge in [0.25, 0.3) is 0 Å². The molecule has 5 aromatic heterocycles. The maximum absolute atomic E-state index is 6.46. The number of imidazole rings is 1. The predicted molar refractivity (Wildman–Crippen MR) is 173 cm³/mol. The summed E-state index contributed by atoms with van der Waals surface area (Å²) in [6, 6.07) is 40.5. The van der Waals surface area contributed by atoms with Crippen LogP contribution in [0.15, 0.2) is 126 Å². The van der Waals surface area contributed by atoms with Crippen LogP contribution in [-0.2, 0) is 0 Å². The van der Waals surface area contributed by atoms with Gasteiger partial charge in [-0.2, -0.15) is 5.10 Å². The number of thiophene rings is 1. The van der Waals surface area contributed by atoms with Gasteiger partial charge in [-0.3, -0.25) is 0 Å². The molecule has 5 heterocycles. The van der Waals surface area contributed by atoms with E-state index < -0.39 is 0 Å². The molecule has 0 fully saturated rings. The maximum atomic E-state index is 6.46. The number of hydrogen-bond acceptors (Lipinski definition) is 4. The normalized spacial score (nSPS) is 12.3. The Morgan fingerprint density at radius 2 is 1.43 bits per heavy atom. The van der Waals surface area contributed by atoms with E-state index in [9.17, 15) is 0 Å². The summed E-state index contributed by atoms with van der Waals surface area (Å²) in [5.41, 5.74) is 9.28. The Balaban J connectivity index is 1.17. The SMILES string of the molecule is c1ccc2c(c1)oc1c2ccc2c1c1ccccc1n2-c1ccc(-c2ccnn3c2nc2c4ccccc4sc23)cc1. The first-order valence-corrected chi connectivity index (χ1v) is 14.7. The van der Waals surface area contributed by atoms with Gasteiger partial charge in [0.1, 0.15) is 21.5 Å². The average molecular weight is 557 g/mol. The zero-order valence-corrected chi connectivity index (χ0v) is 23.0. The van der Waals surface area contributed by atoms with Crippen LogP contribution in [0.2, 0.25) is 0 Å². The number of furan rings is 1.